The zero-order valence-corrected chi connectivity index (χ0v) is 20.0. The van der Waals surface area contributed by atoms with Crippen LogP contribution in [0.5, 0.6) is 5.75 Å². The number of fused-ring (bicyclic) bond motifs is 1. The summed E-state index contributed by atoms with van der Waals surface area (Å²) in [7, 11) is 0.971. The molecule has 1 aromatic heterocycles. The standard InChI is InChI=1S/C22H21ClF5NO4S/c1-10(2)4-14-15(21(30)31-3)16(20(24)25)29-19(22(26,27)28)18(14)34-8-12-6-13(23)5-11-7-32-9-33-17(11)12/h5-6,10,20H,4,7-9H2,1-3H3. The molecule has 5 nitrogen and oxygen atoms in total. The molecule has 0 radical (unpaired) electrons. The molecule has 2 aromatic rings. The molecule has 1 aliphatic rings. The summed E-state index contributed by atoms with van der Waals surface area (Å²) in [4.78, 5) is 15.2. The zero-order valence-electron chi connectivity index (χ0n) is 18.4. The molecule has 0 saturated heterocycles. The van der Waals surface area contributed by atoms with Crippen LogP contribution in [0.1, 0.15) is 58.7 Å². The monoisotopic (exact) mass is 525 g/mol. The largest absolute Gasteiger partial charge is 0.467 e. The van der Waals surface area contributed by atoms with E-state index in [1.807, 2.05) is 0 Å². The molecule has 0 N–H and O–H groups in total. The number of hydrogen-bond acceptors (Lipinski definition) is 6. The molecule has 0 fully saturated rings. The first-order chi connectivity index (χ1) is 15.9. The van der Waals surface area contributed by atoms with Crippen molar-refractivity contribution in [2.75, 3.05) is 13.9 Å². The maximum atomic E-state index is 14.0. The van der Waals surface area contributed by atoms with Gasteiger partial charge in [-0.05, 0) is 30.0 Å². The van der Waals surface area contributed by atoms with Crippen molar-refractivity contribution in [2.24, 2.45) is 5.92 Å². The van der Waals surface area contributed by atoms with E-state index in [9.17, 15) is 26.7 Å². The minimum Gasteiger partial charge on any atom is -0.467 e. The van der Waals surface area contributed by atoms with Crippen molar-refractivity contribution in [1.29, 1.82) is 0 Å². The van der Waals surface area contributed by atoms with Gasteiger partial charge < -0.3 is 14.2 Å². The highest BCUT2D eigenvalue weighted by Gasteiger charge is 2.41. The highest BCUT2D eigenvalue weighted by atomic mass is 35.5. The number of alkyl halides is 5. The number of carbonyl (C=O) groups is 1. The van der Waals surface area contributed by atoms with Crippen LogP contribution in [0.15, 0.2) is 17.0 Å². The van der Waals surface area contributed by atoms with E-state index in [4.69, 9.17) is 21.1 Å². The minimum absolute atomic E-state index is 0.0319. The van der Waals surface area contributed by atoms with E-state index < -0.39 is 40.4 Å². The Hall–Kier alpha value is -2.11. The Bertz CT molecular complexity index is 1080. The van der Waals surface area contributed by atoms with E-state index in [-0.39, 0.29) is 37.1 Å². The molecular weight excluding hydrogens is 505 g/mol. The predicted octanol–water partition coefficient (Wildman–Crippen LogP) is 6.84. The summed E-state index contributed by atoms with van der Waals surface area (Å²) >= 11 is 6.88. The van der Waals surface area contributed by atoms with Crippen LogP contribution in [-0.4, -0.2) is 24.9 Å². The highest BCUT2D eigenvalue weighted by molar-refractivity contribution is 7.98. The fourth-order valence-electron chi connectivity index (χ4n) is 3.59. The van der Waals surface area contributed by atoms with E-state index >= 15 is 0 Å². The first kappa shape index (κ1) is 26.5. The molecule has 0 bridgehead atoms. The summed E-state index contributed by atoms with van der Waals surface area (Å²) in [5, 5.41) is 0.336. The lowest BCUT2D eigenvalue weighted by atomic mass is 9.96. The molecule has 12 heteroatoms. The Morgan fingerprint density at radius 1 is 1.29 bits per heavy atom. The van der Waals surface area contributed by atoms with E-state index in [0.29, 0.717) is 21.9 Å². The molecule has 1 aromatic carbocycles. The number of esters is 1. The van der Waals surface area contributed by atoms with Crippen molar-refractivity contribution in [2.45, 2.75) is 50.1 Å². The Balaban J connectivity index is 2.20. The summed E-state index contributed by atoms with van der Waals surface area (Å²) < 4.78 is 84.8. The number of thioether (sulfide) groups is 1. The molecule has 0 atom stereocenters. The van der Waals surface area contributed by atoms with Gasteiger partial charge in [0.1, 0.15) is 11.4 Å². The van der Waals surface area contributed by atoms with Crippen molar-refractivity contribution in [3.8, 4) is 5.75 Å². The van der Waals surface area contributed by atoms with Crippen LogP contribution in [0, 0.1) is 5.92 Å². The van der Waals surface area contributed by atoms with Gasteiger partial charge in [0.15, 0.2) is 12.5 Å². The van der Waals surface area contributed by atoms with Crippen molar-refractivity contribution in [1.82, 2.24) is 4.98 Å². The van der Waals surface area contributed by atoms with Gasteiger partial charge in [-0.3, -0.25) is 0 Å². The second kappa shape index (κ2) is 10.7. The van der Waals surface area contributed by atoms with E-state index in [1.54, 1.807) is 26.0 Å². The van der Waals surface area contributed by atoms with Crippen LogP contribution in [0.2, 0.25) is 5.02 Å². The molecule has 0 aliphatic carbocycles. The van der Waals surface area contributed by atoms with Crippen LogP contribution < -0.4 is 4.74 Å². The van der Waals surface area contributed by atoms with Gasteiger partial charge in [-0.15, -0.1) is 11.8 Å². The van der Waals surface area contributed by atoms with Gasteiger partial charge in [0.2, 0.25) is 0 Å². The summed E-state index contributed by atoms with van der Waals surface area (Å²) in [5.74, 6) is -1.04. The van der Waals surface area contributed by atoms with E-state index in [0.717, 1.165) is 18.9 Å². The second-order valence-electron chi connectivity index (χ2n) is 7.87. The van der Waals surface area contributed by atoms with Gasteiger partial charge in [-0.25, -0.2) is 18.6 Å². The molecular formula is C22H21ClF5NO4S. The zero-order chi connectivity index (χ0) is 25.2. The number of rotatable bonds is 7. The number of aromatic nitrogens is 1. The lowest BCUT2D eigenvalue weighted by Gasteiger charge is -2.23. The topological polar surface area (TPSA) is 57.7 Å². The summed E-state index contributed by atoms with van der Waals surface area (Å²) in [6, 6.07) is 3.18. The minimum atomic E-state index is -5.04. The summed E-state index contributed by atoms with van der Waals surface area (Å²) in [5.41, 5.74) is -2.41. The Labute approximate surface area is 201 Å². The normalized spacial score (nSPS) is 13.7. The van der Waals surface area contributed by atoms with Crippen LogP contribution in [0.25, 0.3) is 0 Å². The number of pyridine rings is 1. The smallest absolute Gasteiger partial charge is 0.434 e. The highest BCUT2D eigenvalue weighted by Crippen LogP contribution is 2.44. The number of hydrogen-bond donors (Lipinski definition) is 0. The fraction of sp³-hybridized carbons (Fsp3) is 0.455. The van der Waals surface area contributed by atoms with Crippen molar-refractivity contribution in [3.05, 3.63) is 50.8 Å². The van der Waals surface area contributed by atoms with Crippen LogP contribution in [-0.2, 0) is 34.4 Å². The molecule has 186 valence electrons. The molecule has 2 heterocycles. The Kier molecular flexibility index (Phi) is 8.30. The average molecular weight is 526 g/mol. The maximum Gasteiger partial charge on any atom is 0.434 e. The quantitative estimate of drug-likeness (QED) is 0.224. The first-order valence-corrected chi connectivity index (χ1v) is 11.4. The van der Waals surface area contributed by atoms with Gasteiger partial charge in [0.05, 0.1) is 19.3 Å². The third kappa shape index (κ3) is 5.75. The van der Waals surface area contributed by atoms with Gasteiger partial charge in [-0.1, -0.05) is 25.4 Å². The lowest BCUT2D eigenvalue weighted by molar-refractivity contribution is -0.143. The SMILES string of the molecule is COC(=O)c1c(C(F)F)nc(C(F)(F)F)c(SCc2cc(Cl)cc3c2OCOC3)c1CC(C)C. The summed E-state index contributed by atoms with van der Waals surface area (Å²) in [6.45, 7) is 3.59. The van der Waals surface area contributed by atoms with Gasteiger partial charge in [0.25, 0.3) is 6.43 Å². The molecule has 3 rings (SSSR count). The lowest BCUT2D eigenvalue weighted by Crippen LogP contribution is -2.21. The predicted molar refractivity (Wildman–Crippen MR) is 115 cm³/mol. The number of halogens is 6. The molecule has 1 aliphatic heterocycles. The number of carbonyl (C=O) groups excluding carboxylic acids is 1. The van der Waals surface area contributed by atoms with E-state index in [2.05, 4.69) is 9.72 Å². The van der Waals surface area contributed by atoms with Crippen molar-refractivity contribution >= 4 is 29.3 Å². The first-order valence-electron chi connectivity index (χ1n) is 10.1. The summed E-state index contributed by atoms with van der Waals surface area (Å²) in [6.07, 6.45) is -8.52. The van der Waals surface area contributed by atoms with Crippen molar-refractivity contribution in [3.63, 3.8) is 0 Å². The maximum absolute atomic E-state index is 14.0. The van der Waals surface area contributed by atoms with Gasteiger partial charge in [-0.2, -0.15) is 13.2 Å². The van der Waals surface area contributed by atoms with E-state index in [1.165, 1.54) is 0 Å². The average Bonchev–Trinajstić information content (AvgIpc) is 2.75. The molecule has 0 unspecified atom stereocenters. The number of ether oxygens (including phenoxy) is 3. The number of methoxy groups -OCH3 is 1. The molecule has 0 spiro atoms. The number of nitrogens with zero attached hydrogens (tertiary/aromatic N) is 1. The molecule has 0 amide bonds. The van der Waals surface area contributed by atoms with Crippen LogP contribution in [0.3, 0.4) is 0 Å². The second-order valence-corrected chi connectivity index (χ2v) is 9.29. The third-order valence-corrected chi connectivity index (χ3v) is 6.28. The van der Waals surface area contributed by atoms with Crippen LogP contribution >= 0.6 is 23.4 Å². The van der Waals surface area contributed by atoms with Gasteiger partial charge in [0, 0.05) is 26.8 Å². The van der Waals surface area contributed by atoms with Crippen molar-refractivity contribution < 1.29 is 41.0 Å². The Morgan fingerprint density at radius 2 is 2.00 bits per heavy atom. The van der Waals surface area contributed by atoms with Crippen LogP contribution in [0.4, 0.5) is 22.0 Å². The fourth-order valence-corrected chi connectivity index (χ4v) is 5.03. The third-order valence-electron chi connectivity index (χ3n) is 4.88. The Morgan fingerprint density at radius 3 is 2.59 bits per heavy atom. The van der Waals surface area contributed by atoms with Gasteiger partial charge >= 0.3 is 12.1 Å². The number of benzene rings is 1. The molecule has 34 heavy (non-hydrogen) atoms. The molecule has 0 saturated carbocycles.